The van der Waals surface area contributed by atoms with E-state index in [1.165, 1.54) is 6.92 Å². The summed E-state index contributed by atoms with van der Waals surface area (Å²) < 4.78 is 82.4. The Morgan fingerprint density at radius 2 is 0.680 bits per heavy atom. The molecule has 0 radical (unpaired) electrons. The van der Waals surface area contributed by atoms with Crippen LogP contribution in [0.3, 0.4) is 0 Å². The Kier molecular flexibility index (Phi) is 27.9. The molecule has 37 nitrogen and oxygen atoms in total. The summed E-state index contributed by atoms with van der Waals surface area (Å²) in [6.07, 6.45) is -48.5. The molecule has 37 heteroatoms. The summed E-state index contributed by atoms with van der Waals surface area (Å²) in [5, 5.41) is 216. The molecule has 5 saturated carbocycles. The molecule has 0 aromatic rings. The van der Waals surface area contributed by atoms with Gasteiger partial charge in [0.15, 0.2) is 31.5 Å². The third-order valence-corrected chi connectivity index (χ3v) is 22.9. The molecule has 6 heterocycles. The lowest BCUT2D eigenvalue weighted by atomic mass is 9.72. The highest BCUT2D eigenvalue weighted by Gasteiger charge is 2.56. The Hall–Kier alpha value is -2.83. The summed E-state index contributed by atoms with van der Waals surface area (Å²) in [6, 6.07) is 0. The van der Waals surface area contributed by atoms with Crippen molar-refractivity contribution in [2.75, 3.05) is 26.4 Å². The van der Waals surface area contributed by atoms with Gasteiger partial charge < -0.3 is 168 Å². The van der Waals surface area contributed by atoms with E-state index in [1.54, 1.807) is 0 Å². The van der Waals surface area contributed by atoms with Gasteiger partial charge in [-0.15, -0.1) is 0 Å². The van der Waals surface area contributed by atoms with Gasteiger partial charge in [-0.3, -0.25) is 14.4 Å². The molecule has 0 aromatic heterocycles. The Balaban J connectivity index is 0.618. The van der Waals surface area contributed by atoms with Crippen LogP contribution in [0.1, 0.15) is 116 Å². The SMILES string of the molecule is CC1OC(OCC2OC(OC3CC4C(O)CC(OC5OC(COC(=O)C6CCC(OC7OC(COC(=O)C8CCC(OC9OC(COC(=O)C%10CCC(O)CC%10)C(O)C(O)C9O)CC8)C(O)C(O)C7O)CC6)C(O)C(O)C5O)CC4OC3C3CC(O)C(O)C(O)C3)C(O)C(O)C2O)C(O)C(O)C1O. The van der Waals surface area contributed by atoms with Crippen LogP contribution in [0.5, 0.6) is 0 Å². The minimum atomic E-state index is -1.90. The molecule has 33 atom stereocenters. The van der Waals surface area contributed by atoms with Crippen molar-refractivity contribution in [3.63, 3.8) is 0 Å². The zero-order valence-corrected chi connectivity index (χ0v) is 56.9. The van der Waals surface area contributed by atoms with Gasteiger partial charge in [0.25, 0.3) is 0 Å². The average molecular weight is 1490 g/mol. The lowest BCUT2D eigenvalue weighted by Gasteiger charge is -2.52. The van der Waals surface area contributed by atoms with E-state index in [0.717, 1.165) is 0 Å². The fraction of sp³-hybridized carbons (Fsp3) is 0.955. The lowest BCUT2D eigenvalue weighted by molar-refractivity contribution is -0.348. The van der Waals surface area contributed by atoms with Crippen LogP contribution in [0.2, 0.25) is 0 Å². The predicted octanol–water partition coefficient (Wildman–Crippen LogP) is -8.42. The number of fused-ring (bicyclic) bond motifs is 1. The maximum Gasteiger partial charge on any atom is 0.309 e. The smallest absolute Gasteiger partial charge is 0.309 e. The molecule has 11 rings (SSSR count). The second-order valence-corrected chi connectivity index (χ2v) is 30.1. The fourth-order valence-electron chi connectivity index (χ4n) is 16.3. The number of carbonyl (C=O) groups excluding carboxylic acids is 3. The minimum Gasteiger partial charge on any atom is -0.463 e. The molecule has 6 aliphatic heterocycles. The topological polar surface area (TPSA) is 585 Å². The highest BCUT2D eigenvalue weighted by molar-refractivity contribution is 5.73. The molecule has 11 fully saturated rings. The van der Waals surface area contributed by atoms with Gasteiger partial charge >= 0.3 is 17.9 Å². The molecule has 11 aliphatic rings. The Morgan fingerprint density at radius 1 is 0.320 bits per heavy atom. The second-order valence-electron chi connectivity index (χ2n) is 30.1. The zero-order chi connectivity index (χ0) is 74.2. The molecule has 5 aliphatic carbocycles. The van der Waals surface area contributed by atoms with Crippen molar-refractivity contribution in [1.82, 2.24) is 0 Å². The largest absolute Gasteiger partial charge is 0.463 e. The Bertz CT molecular complexity index is 2670. The third-order valence-electron chi connectivity index (χ3n) is 22.9. The van der Waals surface area contributed by atoms with Crippen LogP contribution in [0, 0.1) is 29.6 Å². The van der Waals surface area contributed by atoms with E-state index >= 15 is 0 Å². The molecule has 0 bridgehead atoms. The molecule has 6 saturated heterocycles. The number of esters is 3. The first kappa shape index (κ1) is 81.2. The summed E-state index contributed by atoms with van der Waals surface area (Å²) >= 11 is 0. The van der Waals surface area contributed by atoms with E-state index in [2.05, 4.69) is 0 Å². The number of carbonyl (C=O) groups is 3. The van der Waals surface area contributed by atoms with Crippen molar-refractivity contribution in [2.24, 2.45) is 29.6 Å². The molecule has 103 heavy (non-hydrogen) atoms. The van der Waals surface area contributed by atoms with Crippen molar-refractivity contribution in [1.29, 1.82) is 0 Å². The number of ether oxygens (including phenoxy) is 14. The number of hydrogen-bond acceptors (Lipinski definition) is 37. The summed E-state index contributed by atoms with van der Waals surface area (Å²) in [7, 11) is 0. The van der Waals surface area contributed by atoms with E-state index in [1.807, 2.05) is 0 Å². The van der Waals surface area contributed by atoms with Crippen LogP contribution >= 0.6 is 0 Å². The molecular weight excluding hydrogens is 1380 g/mol. The fourth-order valence-corrected chi connectivity index (χ4v) is 16.3. The standard InChI is InChI=1S/C66H106O37/c1-23-42(71)48(77)53(82)62(94-23)93-22-41-47(76)52(81)57(86)66(103-41)99-37-18-32-33(68)16-31(17-36(32)98-58(37)27-14-34(69)43(72)35(70)15-27)97-65-56(85)51(80)46(75)40(102-65)21-92-61(89)26-6-12-30(13-7-26)96-64-55(84)50(79)45(74)39(101-64)20-91-60(88)25-4-10-29(11-5-25)95-63-54(83)49(78)44(73)38(100-63)19-90-59(87)24-2-8-28(67)9-3-24/h23-58,62-86H,2-22H2,1H3. The number of hydrogen-bond donors (Lipinski definition) is 20. The first-order valence-electron chi connectivity index (χ1n) is 36.2. The van der Waals surface area contributed by atoms with Crippen LogP contribution in [-0.2, 0) is 80.7 Å². The monoisotopic (exact) mass is 1490 g/mol. The average Bonchev–Trinajstić information content (AvgIpc) is 0.761. The highest BCUT2D eigenvalue weighted by Crippen LogP contribution is 2.46. The Morgan fingerprint density at radius 3 is 1.10 bits per heavy atom. The van der Waals surface area contributed by atoms with Crippen LogP contribution < -0.4 is 0 Å². The number of aliphatic hydroxyl groups is 20. The quantitative estimate of drug-likeness (QED) is 0.0375. The van der Waals surface area contributed by atoms with Crippen molar-refractivity contribution in [2.45, 2.75) is 337 Å². The Labute approximate surface area is 591 Å². The third kappa shape index (κ3) is 18.8. The van der Waals surface area contributed by atoms with Gasteiger partial charge in [-0.1, -0.05) is 0 Å². The van der Waals surface area contributed by atoms with Crippen molar-refractivity contribution < 1.29 is 183 Å². The maximum atomic E-state index is 13.6. The van der Waals surface area contributed by atoms with Gasteiger partial charge in [0.1, 0.15) is 142 Å². The summed E-state index contributed by atoms with van der Waals surface area (Å²) in [5.41, 5.74) is 0. The molecule has 33 unspecified atom stereocenters. The second kappa shape index (κ2) is 35.5. The predicted molar refractivity (Wildman–Crippen MR) is 332 cm³/mol. The van der Waals surface area contributed by atoms with E-state index in [0.29, 0.717) is 25.7 Å². The van der Waals surface area contributed by atoms with Gasteiger partial charge in [0, 0.05) is 18.8 Å². The van der Waals surface area contributed by atoms with Gasteiger partial charge in [-0.2, -0.15) is 0 Å². The van der Waals surface area contributed by atoms with Gasteiger partial charge in [0.05, 0.1) is 91.5 Å². The molecule has 0 spiro atoms. The van der Waals surface area contributed by atoms with E-state index in [-0.39, 0.29) is 83.5 Å². The van der Waals surface area contributed by atoms with Gasteiger partial charge in [-0.25, -0.2) is 0 Å². The summed E-state index contributed by atoms with van der Waals surface area (Å²) in [4.78, 5) is 39.6. The summed E-state index contributed by atoms with van der Waals surface area (Å²) in [5.74, 6) is -5.18. The first-order valence-corrected chi connectivity index (χ1v) is 36.2. The molecule has 0 amide bonds. The highest BCUT2D eigenvalue weighted by atomic mass is 16.8. The van der Waals surface area contributed by atoms with Gasteiger partial charge in [0.2, 0.25) is 0 Å². The van der Waals surface area contributed by atoms with Gasteiger partial charge in [-0.05, 0) is 109 Å². The number of rotatable bonds is 21. The number of aliphatic hydroxyl groups excluding tert-OH is 20. The van der Waals surface area contributed by atoms with Crippen molar-refractivity contribution in [3.05, 3.63) is 0 Å². The van der Waals surface area contributed by atoms with E-state index in [9.17, 15) is 117 Å². The van der Waals surface area contributed by atoms with E-state index in [4.69, 9.17) is 66.3 Å². The van der Waals surface area contributed by atoms with Crippen LogP contribution in [0.4, 0.5) is 0 Å². The molecule has 592 valence electrons. The van der Waals surface area contributed by atoms with E-state index < -0.39 is 295 Å². The summed E-state index contributed by atoms with van der Waals surface area (Å²) in [6.45, 7) is -0.741. The molecular formula is C66H106O37. The normalized spacial score (nSPS) is 50.8. The zero-order valence-electron chi connectivity index (χ0n) is 56.9. The maximum absolute atomic E-state index is 13.6. The minimum absolute atomic E-state index is 0.00408. The van der Waals surface area contributed by atoms with Crippen LogP contribution in [-0.4, -0.2) is 367 Å². The van der Waals surface area contributed by atoms with Crippen molar-refractivity contribution in [3.8, 4) is 0 Å². The van der Waals surface area contributed by atoms with Crippen LogP contribution in [0.25, 0.3) is 0 Å². The lowest BCUT2D eigenvalue weighted by Crippen LogP contribution is -2.63. The molecule has 20 N–H and O–H groups in total. The molecule has 0 aromatic carbocycles. The first-order chi connectivity index (χ1) is 48.9. The van der Waals surface area contributed by atoms with Crippen molar-refractivity contribution >= 4 is 17.9 Å². The van der Waals surface area contributed by atoms with Crippen LogP contribution in [0.15, 0.2) is 0 Å².